The van der Waals surface area contributed by atoms with Gasteiger partial charge in [-0.05, 0) is 13.3 Å². The Morgan fingerprint density at radius 2 is 2.20 bits per heavy atom. The third kappa shape index (κ3) is 3.40. The van der Waals surface area contributed by atoms with Gasteiger partial charge in [-0.3, -0.25) is 4.79 Å². The summed E-state index contributed by atoms with van der Waals surface area (Å²) in [6.07, 6.45) is 3.24. The Kier molecular flexibility index (Phi) is 6.17. The zero-order valence-corrected chi connectivity index (χ0v) is 12.9. The molecule has 2 unspecified atom stereocenters. The third-order valence-electron chi connectivity index (χ3n) is 4.23. The topological polar surface area (TPSA) is 73.6 Å². The highest BCUT2D eigenvalue weighted by atomic mass is 16.5. The molecule has 0 radical (unpaired) electrons. The molecule has 1 aliphatic carbocycles. The number of nitrogens with one attached hydrogen (secondary N) is 1. The van der Waals surface area contributed by atoms with Gasteiger partial charge in [0.15, 0.2) is 0 Å². The second kappa shape index (κ2) is 7.20. The first-order valence-electron chi connectivity index (χ1n) is 7.27. The van der Waals surface area contributed by atoms with Crippen molar-refractivity contribution in [2.75, 3.05) is 26.4 Å². The zero-order chi connectivity index (χ0) is 15.2. The molecule has 3 N–H and O–H groups in total. The fourth-order valence-electron chi connectivity index (χ4n) is 2.48. The van der Waals surface area contributed by atoms with Crippen molar-refractivity contribution in [3.8, 4) is 0 Å². The molecule has 2 atom stereocenters. The van der Waals surface area contributed by atoms with Crippen molar-refractivity contribution >= 4 is 5.91 Å². The first-order chi connectivity index (χ1) is 9.40. The van der Waals surface area contributed by atoms with E-state index in [0.29, 0.717) is 32.8 Å². The Labute approximate surface area is 121 Å². The van der Waals surface area contributed by atoms with Crippen molar-refractivity contribution < 1.29 is 14.3 Å². The maximum absolute atomic E-state index is 12.2. The molecule has 1 fully saturated rings. The summed E-state index contributed by atoms with van der Waals surface area (Å²) in [4.78, 5) is 12.2. The Hall–Kier alpha value is -0.910. The molecule has 0 bridgehead atoms. The van der Waals surface area contributed by atoms with E-state index in [1.54, 1.807) is 6.08 Å². The van der Waals surface area contributed by atoms with E-state index in [1.807, 2.05) is 20.8 Å². The molecule has 116 valence electrons. The van der Waals surface area contributed by atoms with Crippen LogP contribution in [0.1, 0.15) is 33.6 Å². The molecule has 0 aromatic rings. The molecule has 0 aromatic heterocycles. The van der Waals surface area contributed by atoms with Crippen LogP contribution in [0.5, 0.6) is 0 Å². The molecule has 0 saturated heterocycles. The van der Waals surface area contributed by atoms with Crippen LogP contribution >= 0.6 is 0 Å². The number of hydrogen-bond donors (Lipinski definition) is 2. The van der Waals surface area contributed by atoms with Crippen molar-refractivity contribution in [3.63, 3.8) is 0 Å². The van der Waals surface area contributed by atoms with Crippen LogP contribution in [0.3, 0.4) is 0 Å². The highest BCUT2D eigenvalue weighted by molar-refractivity contribution is 5.88. The number of rotatable bonds is 9. The summed E-state index contributed by atoms with van der Waals surface area (Å²) in [5, 5.41) is 2.85. The summed E-state index contributed by atoms with van der Waals surface area (Å²) < 4.78 is 11.0. The predicted molar refractivity (Wildman–Crippen MR) is 79.4 cm³/mol. The normalized spacial score (nSPS) is 27.7. The number of nitrogens with two attached hydrogens (primary N) is 1. The summed E-state index contributed by atoms with van der Waals surface area (Å²) in [5.41, 5.74) is 5.06. The van der Waals surface area contributed by atoms with Crippen LogP contribution in [-0.4, -0.2) is 43.9 Å². The number of carbonyl (C=O) groups excluding carboxylic acids is 1. The van der Waals surface area contributed by atoms with Crippen molar-refractivity contribution in [2.24, 2.45) is 11.1 Å². The monoisotopic (exact) mass is 284 g/mol. The van der Waals surface area contributed by atoms with E-state index < -0.39 is 5.54 Å². The largest absolute Gasteiger partial charge is 0.379 e. The van der Waals surface area contributed by atoms with Gasteiger partial charge in [0.1, 0.15) is 5.54 Å². The first kappa shape index (κ1) is 17.1. The smallest absolute Gasteiger partial charge is 0.240 e. The van der Waals surface area contributed by atoms with Crippen molar-refractivity contribution in [3.05, 3.63) is 12.7 Å². The van der Waals surface area contributed by atoms with Gasteiger partial charge in [-0.25, -0.2) is 0 Å². The van der Waals surface area contributed by atoms with Crippen molar-refractivity contribution in [2.45, 2.75) is 45.3 Å². The van der Waals surface area contributed by atoms with E-state index >= 15 is 0 Å². The minimum atomic E-state index is -0.853. The quantitative estimate of drug-likeness (QED) is 0.493. The van der Waals surface area contributed by atoms with Gasteiger partial charge in [-0.2, -0.15) is 0 Å². The Bertz CT molecular complexity index is 344. The lowest BCUT2D eigenvalue weighted by Crippen LogP contribution is -2.75. The molecule has 5 nitrogen and oxygen atoms in total. The lowest BCUT2D eigenvalue weighted by Gasteiger charge is -2.57. The van der Waals surface area contributed by atoms with Gasteiger partial charge in [-0.15, -0.1) is 6.58 Å². The van der Waals surface area contributed by atoms with Gasteiger partial charge in [0.05, 0.1) is 19.3 Å². The highest BCUT2D eigenvalue weighted by Crippen LogP contribution is 2.49. The summed E-state index contributed by atoms with van der Waals surface area (Å²) in [6.45, 7) is 11.8. The molecule has 0 heterocycles. The fourth-order valence-corrected chi connectivity index (χ4v) is 2.48. The minimum Gasteiger partial charge on any atom is -0.379 e. The first-order valence-corrected chi connectivity index (χ1v) is 7.27. The average Bonchev–Trinajstić information content (AvgIpc) is 2.41. The molecule has 5 heteroatoms. The van der Waals surface area contributed by atoms with Gasteiger partial charge in [-0.1, -0.05) is 19.9 Å². The fraction of sp³-hybridized carbons (Fsp3) is 0.800. The zero-order valence-electron chi connectivity index (χ0n) is 12.9. The molecule has 0 aromatic carbocycles. The summed E-state index contributed by atoms with van der Waals surface area (Å²) in [6, 6.07) is 0. The molecule has 0 aliphatic heterocycles. The van der Waals surface area contributed by atoms with E-state index in [9.17, 15) is 4.79 Å². The number of hydrogen-bond acceptors (Lipinski definition) is 4. The van der Waals surface area contributed by atoms with Crippen LogP contribution in [0.4, 0.5) is 0 Å². The van der Waals surface area contributed by atoms with Gasteiger partial charge >= 0.3 is 0 Å². The minimum absolute atomic E-state index is 0.0482. The number of amides is 1. The number of carbonyl (C=O) groups is 1. The van der Waals surface area contributed by atoms with Crippen LogP contribution < -0.4 is 11.1 Å². The molecule has 1 rings (SSSR count). The third-order valence-corrected chi connectivity index (χ3v) is 4.23. The van der Waals surface area contributed by atoms with Crippen LogP contribution in [0.2, 0.25) is 0 Å². The maximum atomic E-state index is 12.2. The second-order valence-corrected chi connectivity index (χ2v) is 5.79. The van der Waals surface area contributed by atoms with E-state index in [-0.39, 0.29) is 17.4 Å². The number of ether oxygens (including phenoxy) is 2. The van der Waals surface area contributed by atoms with Gasteiger partial charge in [0.25, 0.3) is 0 Å². The predicted octanol–water partition coefficient (Wildman–Crippen LogP) is 1.23. The molecular weight excluding hydrogens is 256 g/mol. The van der Waals surface area contributed by atoms with E-state index in [0.717, 1.165) is 6.42 Å². The van der Waals surface area contributed by atoms with Gasteiger partial charge in [0, 0.05) is 25.0 Å². The molecule has 20 heavy (non-hydrogen) atoms. The standard InChI is InChI=1S/C15H28N2O3/c1-5-7-9-19-10-8-17-13(18)15(16)11-12(20-6-2)14(15,3)4/h5,12H,1,6-11,16H2,2-4H3,(H,17,18). The van der Waals surface area contributed by atoms with Crippen LogP contribution in [0.15, 0.2) is 12.7 Å². The van der Waals surface area contributed by atoms with Crippen molar-refractivity contribution in [1.82, 2.24) is 5.32 Å². The lowest BCUT2D eigenvalue weighted by molar-refractivity contribution is -0.170. The Morgan fingerprint density at radius 3 is 2.75 bits per heavy atom. The second-order valence-electron chi connectivity index (χ2n) is 5.79. The van der Waals surface area contributed by atoms with E-state index in [2.05, 4.69) is 11.9 Å². The molecule has 0 spiro atoms. The van der Waals surface area contributed by atoms with E-state index in [1.165, 1.54) is 0 Å². The average molecular weight is 284 g/mol. The molecule has 1 amide bonds. The summed E-state index contributed by atoms with van der Waals surface area (Å²) in [7, 11) is 0. The Morgan fingerprint density at radius 1 is 1.50 bits per heavy atom. The highest BCUT2D eigenvalue weighted by Gasteiger charge is 2.62. The van der Waals surface area contributed by atoms with Crippen LogP contribution in [-0.2, 0) is 14.3 Å². The molecular formula is C15H28N2O3. The SMILES string of the molecule is C=CCCOCCNC(=O)C1(N)CC(OCC)C1(C)C. The summed E-state index contributed by atoms with van der Waals surface area (Å²) in [5.74, 6) is -0.120. The van der Waals surface area contributed by atoms with E-state index in [4.69, 9.17) is 15.2 Å². The lowest BCUT2D eigenvalue weighted by atomic mass is 9.54. The molecule has 1 aliphatic rings. The molecule has 1 saturated carbocycles. The summed E-state index contributed by atoms with van der Waals surface area (Å²) >= 11 is 0. The van der Waals surface area contributed by atoms with Gasteiger partial charge in [0.2, 0.25) is 5.91 Å². The van der Waals surface area contributed by atoms with Crippen molar-refractivity contribution in [1.29, 1.82) is 0 Å². The maximum Gasteiger partial charge on any atom is 0.240 e. The van der Waals surface area contributed by atoms with Crippen LogP contribution in [0, 0.1) is 5.41 Å². The van der Waals surface area contributed by atoms with Gasteiger partial charge < -0.3 is 20.5 Å². The van der Waals surface area contributed by atoms with Crippen LogP contribution in [0.25, 0.3) is 0 Å². The Balaban J connectivity index is 2.34.